The fourth-order valence-electron chi connectivity index (χ4n) is 5.15. The predicted octanol–water partition coefficient (Wildman–Crippen LogP) is 16.2. The maximum atomic E-state index is 11.0. The fraction of sp³-hybridized carbons (Fsp3) is 0.475. The Kier molecular flexibility index (Phi) is 75.0. The third kappa shape index (κ3) is 72.4. The molecule has 0 saturated heterocycles. The van der Waals surface area contributed by atoms with Gasteiger partial charge in [0.1, 0.15) is 11.2 Å². The molecule has 0 aliphatic rings. The van der Waals surface area contributed by atoms with Crippen molar-refractivity contribution in [2.45, 2.75) is 172 Å². The summed E-state index contributed by atoms with van der Waals surface area (Å²) < 4.78 is 80.9. The van der Waals surface area contributed by atoms with Crippen LogP contribution in [-0.4, -0.2) is 89.1 Å². The number of aliphatic hydroxyl groups is 1. The number of ether oxygens (including phenoxy) is 3. The number of benzene rings is 5. The van der Waals surface area contributed by atoms with Crippen molar-refractivity contribution in [3.8, 4) is 0 Å². The summed E-state index contributed by atoms with van der Waals surface area (Å²) in [6.45, 7) is 18.8. The predicted molar refractivity (Wildman–Crippen MR) is 386 cm³/mol. The molecule has 0 radical (unpaired) electrons. The molecule has 0 spiro atoms. The normalized spacial score (nSPS) is 9.34. The number of anilines is 3. The van der Waals surface area contributed by atoms with Gasteiger partial charge in [0.15, 0.2) is 0 Å². The molecule has 0 aliphatic heterocycles. The number of halogens is 3. The molecule has 29 heteroatoms. The second kappa shape index (κ2) is 59.0. The number of aliphatic hydroxyl groups excluding tert-OH is 1. The van der Waals surface area contributed by atoms with E-state index in [2.05, 4.69) is 37.9 Å². The lowest BCUT2D eigenvalue weighted by Gasteiger charge is -2.20. The molecule has 9 N–H and O–H groups in total. The first-order chi connectivity index (χ1) is 36.7. The second-order valence-electron chi connectivity index (χ2n) is 18.2. The van der Waals surface area contributed by atoms with Crippen LogP contribution in [0.25, 0.3) is 0 Å². The van der Waals surface area contributed by atoms with E-state index in [1.165, 1.54) is 23.8 Å². The molecule has 0 aromatic heterocycles. The Morgan fingerprint density at radius 1 is 0.511 bits per heavy atom. The number of nitrogens with zero attached hydrogens (tertiary/aromatic N) is 2. The van der Waals surface area contributed by atoms with E-state index in [1.54, 1.807) is 97.0 Å². The molecule has 528 valence electrons. The zero-order valence-electron chi connectivity index (χ0n) is 48.4. The van der Waals surface area contributed by atoms with Crippen LogP contribution >= 0.6 is 35.5 Å². The zero-order chi connectivity index (χ0) is 62.5. The summed E-state index contributed by atoms with van der Waals surface area (Å²) in [4.78, 5) is 41.7. The van der Waals surface area contributed by atoms with Crippen molar-refractivity contribution >= 4 is 105 Å². The highest BCUT2D eigenvalue weighted by molar-refractivity contribution is 8.13. The van der Waals surface area contributed by atoms with Gasteiger partial charge in [-0.3, -0.25) is 29.7 Å². The average Bonchev–Trinajstić information content (AvgIpc) is 3.32. The van der Waals surface area contributed by atoms with E-state index in [-0.39, 0.29) is 107 Å². The number of nitrogen functional groups attached to an aromatic ring is 1. The number of nitro groups is 2. The number of aryl methyl sites for hydroxylation is 3. The minimum atomic E-state index is -3.19. The van der Waals surface area contributed by atoms with E-state index < -0.39 is 57.5 Å². The molecule has 0 atom stereocenters. The number of hydrogen-bond donors (Lipinski definition) is 6. The summed E-state index contributed by atoms with van der Waals surface area (Å²) >= 11 is 0. The van der Waals surface area contributed by atoms with E-state index in [1.807, 2.05) is 62.4 Å². The van der Waals surface area contributed by atoms with Crippen LogP contribution in [0.1, 0.15) is 156 Å². The zero-order valence-corrected chi connectivity index (χ0v) is 53.2. The minimum absolute atomic E-state index is 0. The molecule has 0 aliphatic carbocycles. The highest BCUT2D eigenvalue weighted by Gasteiger charge is 2.24. The smallest absolute Gasteiger partial charge is 0.428 e. The van der Waals surface area contributed by atoms with E-state index >= 15 is 0 Å². The van der Waals surface area contributed by atoms with Crippen LogP contribution in [0.2, 0.25) is 0 Å². The van der Waals surface area contributed by atoms with E-state index in [0.717, 1.165) is 66.0 Å². The maximum Gasteiger partial charge on any atom is 0.519 e. The third-order valence-corrected chi connectivity index (χ3v) is 9.51. The lowest BCUT2D eigenvalue weighted by atomic mass is 10.1. The monoisotopic (exact) mass is 1400 g/mol. The quantitative estimate of drug-likeness (QED) is 0.0179. The van der Waals surface area contributed by atoms with Gasteiger partial charge in [-0.25, -0.2) is 34.8 Å². The first-order valence-electron chi connectivity index (χ1n) is 24.2. The lowest BCUT2D eigenvalue weighted by Crippen LogP contribution is -2.29. The Hall–Kier alpha value is -6.36. The van der Waals surface area contributed by atoms with Gasteiger partial charge in [-0.2, -0.15) is 0 Å². The van der Waals surface area contributed by atoms with Gasteiger partial charge < -0.3 is 36.5 Å². The molecule has 0 fully saturated rings. The Bertz CT molecular complexity index is 2840. The number of nitrogens with two attached hydrogens (primary N) is 3. The molecule has 0 unspecified atom stereocenters. The summed E-state index contributed by atoms with van der Waals surface area (Å²) in [5.74, 6) is 0. The Morgan fingerprint density at radius 2 is 0.756 bits per heavy atom. The molecular weight excluding hydrogens is 1290 g/mol. The van der Waals surface area contributed by atoms with Gasteiger partial charge in [0.25, 0.3) is 11.4 Å². The van der Waals surface area contributed by atoms with Gasteiger partial charge in [0, 0.05) is 71.7 Å². The molecule has 5 rings (SSSR count). The van der Waals surface area contributed by atoms with Crippen molar-refractivity contribution < 1.29 is 64.0 Å². The number of sulfonamides is 2. The van der Waals surface area contributed by atoms with Crippen LogP contribution in [0.3, 0.4) is 0 Å². The van der Waals surface area contributed by atoms with Crippen LogP contribution < -0.4 is 26.6 Å². The van der Waals surface area contributed by atoms with Crippen LogP contribution in [0, 0.1) is 20.2 Å². The maximum absolute atomic E-state index is 11.0. The Balaban J connectivity index is -0.0000000689. The van der Waals surface area contributed by atoms with Crippen molar-refractivity contribution in [1.29, 1.82) is 0 Å². The highest BCUT2D eigenvalue weighted by atomic mass is 35.7. The summed E-state index contributed by atoms with van der Waals surface area (Å²) in [6.07, 6.45) is 3.86. The average molecular weight is 1400 g/mol. The molecule has 0 bridgehead atoms. The van der Waals surface area contributed by atoms with Crippen LogP contribution in [0.5, 0.6) is 0 Å². The number of carbonyl (C=O) groups excluding carboxylic acids is 2. The summed E-state index contributed by atoms with van der Waals surface area (Å²) in [7, 11) is -5.04. The highest BCUT2D eigenvalue weighted by Crippen LogP contribution is 2.16. The molecule has 5 aromatic rings. The molecule has 23 nitrogen and oxygen atoms in total. The molecule has 0 heterocycles. The molecule has 90 heavy (non-hydrogen) atoms. The summed E-state index contributed by atoms with van der Waals surface area (Å²) in [6, 6.07) is 35.3. The van der Waals surface area contributed by atoms with E-state index in [0.29, 0.717) is 24.5 Å². The molecule has 0 amide bonds. The fourth-order valence-corrected chi connectivity index (χ4v) is 6.26. The van der Waals surface area contributed by atoms with Crippen LogP contribution in [0.15, 0.2) is 121 Å². The first-order valence-corrected chi connectivity index (χ1v) is 30.7. The van der Waals surface area contributed by atoms with Crippen molar-refractivity contribution in [1.82, 2.24) is 0 Å². The number of carbonyl (C=O) groups is 2. The number of nitro benzene ring substituents is 2. The second-order valence-corrected chi connectivity index (χ2v) is 24.8. The third-order valence-electron chi connectivity index (χ3n) is 8.30. The van der Waals surface area contributed by atoms with Gasteiger partial charge in [-0.05, 0) is 132 Å². The Morgan fingerprint density at radius 3 is 1.01 bits per heavy atom. The minimum Gasteiger partial charge on any atom is -0.428 e. The van der Waals surface area contributed by atoms with Gasteiger partial charge in [-0.15, -0.1) is 24.8 Å². The molecule has 5 aromatic carbocycles. The van der Waals surface area contributed by atoms with Crippen LogP contribution in [0.4, 0.5) is 38.0 Å². The topological polar surface area (TPSA) is 373 Å². The number of nitrogens with one attached hydrogen (secondary N) is 2. The summed E-state index contributed by atoms with van der Waals surface area (Å²) in [5.41, 5.74) is 22.2. The van der Waals surface area contributed by atoms with Crippen molar-refractivity contribution in [3.63, 3.8) is 0 Å². The van der Waals surface area contributed by atoms with E-state index in [9.17, 15) is 55.1 Å². The van der Waals surface area contributed by atoms with Crippen LogP contribution in [-0.2, 0) is 75.7 Å². The van der Waals surface area contributed by atoms with Gasteiger partial charge in [0.05, 0.1) is 28.6 Å². The lowest BCUT2D eigenvalue weighted by molar-refractivity contribution is -0.385. The SMILES string of the molecule is C.C.C.C.C.C.C.C.CC(C)(C)OC(=O)OC(=O)OC(C)(C)C.CCO.CCc1cccc(N)c1.CCc1cccc(NS(C)(=O)=O)c1.CCc1cccc([N+](=O)[O-])c1.CS(=O)(=O)Cl.CS(=O)(=O)Nc1cccc(CN)c1.Cl.Cl.NCc1cccc([N+](=O)[O-])c1. The van der Waals surface area contributed by atoms with Gasteiger partial charge >= 0.3 is 12.3 Å². The number of rotatable bonds is 11. The van der Waals surface area contributed by atoms with Crippen molar-refractivity contribution in [2.75, 3.05) is 40.6 Å². The van der Waals surface area contributed by atoms with E-state index in [4.69, 9.17) is 31.8 Å². The number of non-ortho nitro benzene ring substituents is 2. The number of hydrogen-bond acceptors (Lipinski definition) is 19. The van der Waals surface area contributed by atoms with Crippen molar-refractivity contribution in [2.24, 2.45) is 11.5 Å². The summed E-state index contributed by atoms with van der Waals surface area (Å²) in [5, 5.41) is 28.1. The molecular formula is C61H114Cl3N7O16S3. The Labute approximate surface area is 559 Å². The van der Waals surface area contributed by atoms with Gasteiger partial charge in [-0.1, -0.05) is 141 Å². The van der Waals surface area contributed by atoms with Crippen molar-refractivity contribution in [3.05, 3.63) is 169 Å². The molecule has 0 saturated carbocycles. The van der Waals surface area contributed by atoms with Gasteiger partial charge in [0.2, 0.25) is 29.1 Å². The standard InChI is InChI=1S/C10H18O5.C9H13NO2S.C8H12N2O2S.C8H9NO2.C8H11N.C7H8N2O2.C2H6O.CH3ClO2S.8CH4.2ClH/c1-9(2,3)14-7(11)13-8(12)15-10(4,5)6;1-3-8-5-4-6-9(7-8)10-13(2,11)12;1-13(11,12)10-8-4-2-3-7(5-8)6-9;1-2-7-4-3-5-8(6-7)9(10)11;1-2-7-4-3-5-8(9)6-7;8-5-6-2-1-3-7(4-6)9(10)11;1-2-3;1-5(2,3)4;;;;;;;;;;/h1-6H3;4-7,10H,3H2,1-2H3;2-5,10H,6,9H2,1H3;3-6H,2H2,1H3;3-6H,2,9H2,1H3;1-4H,5,8H2;3H,2H2,1H3;1H3;8*1H4;2*1H. The largest absolute Gasteiger partial charge is 0.519 e. The first kappa shape index (κ1) is 114.